The summed E-state index contributed by atoms with van der Waals surface area (Å²) >= 11 is 9.93. The molecule has 0 spiro atoms. The highest BCUT2D eigenvalue weighted by molar-refractivity contribution is 9.10. The topological polar surface area (TPSA) is 91.2 Å². The largest absolute Gasteiger partial charge is 0.490 e. The Hall–Kier alpha value is -2.91. The van der Waals surface area contributed by atoms with Crippen molar-refractivity contribution < 1.29 is 14.3 Å². The van der Waals surface area contributed by atoms with Crippen LogP contribution in [-0.4, -0.2) is 32.6 Å². The molecular formula is C23H21BrClN5O3. The average molecular weight is 531 g/mol. The van der Waals surface area contributed by atoms with Crippen LogP contribution in [0.4, 0.5) is 5.95 Å². The highest BCUT2D eigenvalue weighted by atomic mass is 79.9. The van der Waals surface area contributed by atoms with E-state index < -0.39 is 6.04 Å². The zero-order chi connectivity index (χ0) is 22.9. The molecule has 1 N–H and O–H groups in total. The molecule has 0 amide bonds. The maximum atomic E-state index is 12.9. The van der Waals surface area contributed by atoms with Gasteiger partial charge in [-0.3, -0.25) is 4.79 Å². The lowest BCUT2D eigenvalue weighted by Gasteiger charge is -2.32. The maximum absolute atomic E-state index is 12.9. The number of hydrogen-bond donors (Lipinski definition) is 1. The quantitative estimate of drug-likeness (QED) is 0.475. The number of ether oxygens (including phenoxy) is 2. The van der Waals surface area contributed by atoms with Crippen molar-refractivity contribution in [3.8, 4) is 11.5 Å². The van der Waals surface area contributed by atoms with E-state index in [1.165, 1.54) is 0 Å². The molecule has 1 aliphatic heterocycles. The van der Waals surface area contributed by atoms with Crippen molar-refractivity contribution in [1.29, 1.82) is 0 Å². The summed E-state index contributed by atoms with van der Waals surface area (Å²) in [5.41, 5.74) is 3.27. The fourth-order valence-electron chi connectivity index (χ4n) is 4.24. The Morgan fingerprint density at radius 1 is 1.24 bits per heavy atom. The summed E-state index contributed by atoms with van der Waals surface area (Å²) in [7, 11) is 0. The van der Waals surface area contributed by atoms with Gasteiger partial charge in [0, 0.05) is 28.3 Å². The first-order valence-electron chi connectivity index (χ1n) is 10.7. The molecule has 10 heteroatoms. The SMILES string of the molecule is CCOc1cc(C2C3=C(CCCC3=O)Nc3nnnn32)cc(Br)c1OCc1ccccc1Cl. The van der Waals surface area contributed by atoms with E-state index in [0.29, 0.717) is 45.5 Å². The van der Waals surface area contributed by atoms with Crippen LogP contribution in [0.3, 0.4) is 0 Å². The van der Waals surface area contributed by atoms with Gasteiger partial charge in [0.25, 0.3) is 0 Å². The van der Waals surface area contributed by atoms with E-state index in [2.05, 4.69) is 36.8 Å². The number of nitrogens with zero attached hydrogens (tertiary/aromatic N) is 4. The number of hydrogen-bond acceptors (Lipinski definition) is 7. The van der Waals surface area contributed by atoms with Crippen LogP contribution < -0.4 is 14.8 Å². The van der Waals surface area contributed by atoms with Gasteiger partial charge in [-0.25, -0.2) is 0 Å². The summed E-state index contributed by atoms with van der Waals surface area (Å²) in [4.78, 5) is 12.9. The van der Waals surface area contributed by atoms with Crippen LogP contribution >= 0.6 is 27.5 Å². The minimum atomic E-state index is -0.452. The van der Waals surface area contributed by atoms with E-state index in [4.69, 9.17) is 21.1 Å². The van der Waals surface area contributed by atoms with Gasteiger partial charge < -0.3 is 14.8 Å². The van der Waals surface area contributed by atoms with Gasteiger partial charge in [0.05, 0.1) is 11.1 Å². The van der Waals surface area contributed by atoms with Gasteiger partial charge in [0.2, 0.25) is 5.95 Å². The molecule has 1 aromatic heterocycles. The maximum Gasteiger partial charge on any atom is 0.248 e. The fraction of sp³-hybridized carbons (Fsp3) is 0.304. The Balaban J connectivity index is 1.56. The number of rotatable bonds is 6. The van der Waals surface area contributed by atoms with Crippen LogP contribution in [0.5, 0.6) is 11.5 Å². The predicted octanol–water partition coefficient (Wildman–Crippen LogP) is 5.09. The Morgan fingerprint density at radius 3 is 2.91 bits per heavy atom. The molecule has 5 rings (SSSR count). The van der Waals surface area contributed by atoms with Crippen LogP contribution in [0.15, 0.2) is 52.1 Å². The van der Waals surface area contributed by atoms with Gasteiger partial charge in [-0.2, -0.15) is 4.68 Å². The number of fused-ring (bicyclic) bond motifs is 1. The van der Waals surface area contributed by atoms with Gasteiger partial charge in [-0.15, -0.1) is 0 Å². The lowest BCUT2D eigenvalue weighted by molar-refractivity contribution is -0.116. The Labute approximate surface area is 204 Å². The van der Waals surface area contributed by atoms with E-state index in [0.717, 1.165) is 29.7 Å². The Kier molecular flexibility index (Phi) is 6.07. The molecule has 1 atom stereocenters. The van der Waals surface area contributed by atoms with Crippen LogP contribution in [0.25, 0.3) is 0 Å². The van der Waals surface area contributed by atoms with Crippen molar-refractivity contribution in [2.45, 2.75) is 38.8 Å². The molecule has 0 fully saturated rings. The van der Waals surface area contributed by atoms with E-state index in [-0.39, 0.29) is 12.4 Å². The van der Waals surface area contributed by atoms with Crippen LogP contribution in [0.1, 0.15) is 43.4 Å². The zero-order valence-electron chi connectivity index (χ0n) is 17.8. The van der Waals surface area contributed by atoms with E-state index >= 15 is 0 Å². The number of nitrogens with one attached hydrogen (secondary N) is 1. The van der Waals surface area contributed by atoms with Crippen molar-refractivity contribution in [3.05, 3.63) is 68.3 Å². The van der Waals surface area contributed by atoms with Gasteiger partial charge >= 0.3 is 0 Å². The summed E-state index contributed by atoms with van der Waals surface area (Å²) < 4.78 is 14.4. The molecule has 2 heterocycles. The molecule has 0 radical (unpaired) electrons. The number of anilines is 1. The highest BCUT2D eigenvalue weighted by Gasteiger charge is 2.37. The zero-order valence-corrected chi connectivity index (χ0v) is 20.2. The number of halogens is 2. The third-order valence-corrected chi connectivity index (χ3v) is 6.66. The normalized spacial score (nSPS) is 17.3. The first-order valence-corrected chi connectivity index (χ1v) is 11.9. The molecule has 33 heavy (non-hydrogen) atoms. The van der Waals surface area contributed by atoms with E-state index in [1.54, 1.807) is 4.68 Å². The standard InChI is InChI=1S/C23H21BrClN5O3/c1-2-32-19-11-14(10-15(24)22(19)33-12-13-6-3-4-7-16(13)25)21-20-17(8-5-9-18(20)31)26-23-27-28-29-30(21)23/h3-4,6-7,10-11,21H,2,5,8-9,12H2,1H3,(H,26,27,29). The van der Waals surface area contributed by atoms with Gasteiger partial charge in [0.1, 0.15) is 12.6 Å². The number of allylic oxidation sites excluding steroid dienone is 2. The van der Waals surface area contributed by atoms with Crippen LogP contribution in [0.2, 0.25) is 5.02 Å². The Morgan fingerprint density at radius 2 is 2.09 bits per heavy atom. The molecule has 0 bridgehead atoms. The van der Waals surface area contributed by atoms with Crippen molar-refractivity contribution in [3.63, 3.8) is 0 Å². The second kappa shape index (κ2) is 9.15. The van der Waals surface area contributed by atoms with Gasteiger partial charge in [0.15, 0.2) is 17.3 Å². The average Bonchev–Trinajstić information content (AvgIpc) is 3.26. The van der Waals surface area contributed by atoms with E-state index in [1.807, 2.05) is 43.3 Å². The van der Waals surface area contributed by atoms with Crippen molar-refractivity contribution in [2.75, 3.05) is 11.9 Å². The summed E-state index contributed by atoms with van der Waals surface area (Å²) in [6, 6.07) is 10.9. The second-order valence-electron chi connectivity index (χ2n) is 7.79. The lowest BCUT2D eigenvalue weighted by atomic mass is 9.85. The smallest absolute Gasteiger partial charge is 0.248 e. The van der Waals surface area contributed by atoms with Crippen LogP contribution in [0, 0.1) is 0 Å². The third kappa shape index (κ3) is 4.11. The number of benzene rings is 2. The molecule has 3 aromatic rings. The monoisotopic (exact) mass is 529 g/mol. The highest BCUT2D eigenvalue weighted by Crippen LogP contribution is 2.44. The summed E-state index contributed by atoms with van der Waals surface area (Å²) in [6.07, 6.45) is 2.09. The minimum absolute atomic E-state index is 0.100. The molecular weight excluding hydrogens is 510 g/mol. The molecule has 2 aliphatic rings. The summed E-state index contributed by atoms with van der Waals surface area (Å²) in [6.45, 7) is 2.65. The first kappa shape index (κ1) is 21.9. The molecule has 1 unspecified atom stereocenters. The van der Waals surface area contributed by atoms with Crippen molar-refractivity contribution >= 4 is 39.3 Å². The van der Waals surface area contributed by atoms with Crippen molar-refractivity contribution in [1.82, 2.24) is 20.2 Å². The summed E-state index contributed by atoms with van der Waals surface area (Å²) in [5.74, 6) is 1.74. The predicted molar refractivity (Wildman–Crippen MR) is 127 cm³/mol. The first-order chi connectivity index (χ1) is 16.1. The van der Waals surface area contributed by atoms with Crippen molar-refractivity contribution in [2.24, 2.45) is 0 Å². The molecule has 8 nitrogen and oxygen atoms in total. The molecule has 1 aliphatic carbocycles. The molecule has 170 valence electrons. The fourth-order valence-corrected chi connectivity index (χ4v) is 5.00. The van der Waals surface area contributed by atoms with Crippen LogP contribution in [-0.2, 0) is 11.4 Å². The summed E-state index contributed by atoms with van der Waals surface area (Å²) in [5, 5.41) is 15.9. The second-order valence-corrected chi connectivity index (χ2v) is 9.05. The van der Waals surface area contributed by atoms with Gasteiger partial charge in [-0.05, 0) is 69.9 Å². The minimum Gasteiger partial charge on any atom is -0.490 e. The Bertz CT molecular complexity index is 1260. The third-order valence-electron chi connectivity index (χ3n) is 5.71. The number of carbonyl (C=O) groups is 1. The number of tetrazole rings is 1. The number of carbonyl (C=O) groups excluding carboxylic acids is 1. The van der Waals surface area contributed by atoms with E-state index in [9.17, 15) is 4.79 Å². The number of ketones is 1. The molecule has 0 saturated carbocycles. The lowest BCUT2D eigenvalue weighted by Crippen LogP contribution is -2.31. The van der Waals surface area contributed by atoms with Gasteiger partial charge in [-0.1, -0.05) is 34.9 Å². The number of aromatic nitrogens is 4. The molecule has 0 saturated heterocycles. The molecule has 2 aromatic carbocycles. The number of Topliss-reactive ketones (excluding diaryl/α,β-unsaturated/α-hetero) is 1.